The highest BCUT2D eigenvalue weighted by atomic mass is 16.9. The summed E-state index contributed by atoms with van der Waals surface area (Å²) >= 11 is 0. The molecule has 7 N–H and O–H groups in total. The fraction of sp³-hybridized carbons (Fsp3) is 1.00. The third-order valence-electron chi connectivity index (χ3n) is 3.36. The maximum atomic E-state index is 9.95. The molecule has 118 valence electrons. The maximum absolute atomic E-state index is 9.95. The molecule has 8 atom stereocenters. The van der Waals surface area contributed by atoms with Gasteiger partial charge < -0.3 is 45.2 Å². The molecule has 20 heavy (non-hydrogen) atoms. The summed E-state index contributed by atoms with van der Waals surface area (Å²) in [7, 11) is 0. The van der Waals surface area contributed by atoms with Gasteiger partial charge in [-0.3, -0.25) is 4.74 Å². The van der Waals surface area contributed by atoms with E-state index in [9.17, 15) is 25.5 Å². The maximum Gasteiger partial charge on any atom is 0.313 e. The van der Waals surface area contributed by atoms with Crippen molar-refractivity contribution in [1.82, 2.24) is 0 Å². The van der Waals surface area contributed by atoms with Crippen molar-refractivity contribution in [3.8, 4) is 0 Å². The Labute approximate surface area is 113 Å². The largest absolute Gasteiger partial charge is 0.394 e. The second kappa shape index (κ2) is 5.77. The molecule has 0 aromatic carbocycles. The van der Waals surface area contributed by atoms with Crippen LogP contribution < -0.4 is 0 Å². The lowest BCUT2D eigenvalue weighted by Crippen LogP contribution is -2.50. The summed E-state index contributed by atoms with van der Waals surface area (Å²) < 4.78 is 14.6. The van der Waals surface area contributed by atoms with E-state index in [-0.39, 0.29) is 0 Å². The minimum atomic E-state index is -2.72. The van der Waals surface area contributed by atoms with Crippen LogP contribution in [-0.4, -0.2) is 97.8 Å². The van der Waals surface area contributed by atoms with Gasteiger partial charge in [0, 0.05) is 0 Å². The number of rotatable bonds is 4. The summed E-state index contributed by atoms with van der Waals surface area (Å²) in [6, 6.07) is 0. The molecular weight excluding hydrogens is 280 g/mol. The Kier molecular flexibility index (Phi) is 4.61. The lowest BCUT2D eigenvalue weighted by molar-refractivity contribution is -0.420. The van der Waals surface area contributed by atoms with Crippen LogP contribution in [0.15, 0.2) is 0 Å². The molecule has 10 nitrogen and oxygen atoms in total. The van der Waals surface area contributed by atoms with E-state index in [2.05, 4.69) is 0 Å². The minimum Gasteiger partial charge on any atom is -0.394 e. The Hall–Kier alpha value is -0.400. The molecule has 0 aromatic heterocycles. The Morgan fingerprint density at radius 3 is 1.95 bits per heavy atom. The van der Waals surface area contributed by atoms with Gasteiger partial charge in [-0.15, -0.1) is 0 Å². The number of ether oxygens (including phenoxy) is 3. The third kappa shape index (κ3) is 2.55. The quantitative estimate of drug-likeness (QED) is 0.250. The molecule has 0 bridgehead atoms. The van der Waals surface area contributed by atoms with Gasteiger partial charge in [0.25, 0.3) is 0 Å². The van der Waals surface area contributed by atoms with Crippen molar-refractivity contribution in [2.24, 2.45) is 0 Å². The van der Waals surface area contributed by atoms with Crippen LogP contribution in [0.25, 0.3) is 0 Å². The lowest BCUT2D eigenvalue weighted by Gasteiger charge is -2.29. The predicted octanol–water partition coefficient (Wildman–Crippen LogP) is -4.80. The first-order valence-corrected chi connectivity index (χ1v) is 6.01. The highest BCUT2D eigenvalue weighted by Crippen LogP contribution is 2.34. The molecule has 0 radical (unpaired) electrons. The van der Waals surface area contributed by atoms with Crippen molar-refractivity contribution >= 4 is 0 Å². The molecule has 2 heterocycles. The van der Waals surface area contributed by atoms with E-state index >= 15 is 0 Å². The van der Waals surface area contributed by atoms with E-state index in [0.29, 0.717) is 0 Å². The monoisotopic (exact) mass is 298 g/mol. The van der Waals surface area contributed by atoms with Gasteiger partial charge in [0.15, 0.2) is 12.4 Å². The second-order valence-corrected chi connectivity index (χ2v) is 4.73. The first-order chi connectivity index (χ1) is 9.34. The second-order valence-electron chi connectivity index (χ2n) is 4.73. The average Bonchev–Trinajstić information content (AvgIpc) is 2.81. The summed E-state index contributed by atoms with van der Waals surface area (Å²) in [5.74, 6) is -2.72. The van der Waals surface area contributed by atoms with Gasteiger partial charge in [-0.1, -0.05) is 0 Å². The van der Waals surface area contributed by atoms with Crippen molar-refractivity contribution in [3.63, 3.8) is 0 Å². The van der Waals surface area contributed by atoms with Crippen molar-refractivity contribution in [2.75, 3.05) is 13.2 Å². The van der Waals surface area contributed by atoms with Gasteiger partial charge in [0.05, 0.1) is 13.2 Å². The van der Waals surface area contributed by atoms with Crippen LogP contribution in [0.5, 0.6) is 0 Å². The molecule has 0 spiro atoms. The van der Waals surface area contributed by atoms with Crippen molar-refractivity contribution in [1.29, 1.82) is 0 Å². The summed E-state index contributed by atoms with van der Waals surface area (Å²) in [6.45, 7) is -1.28. The number of aliphatic hydroxyl groups excluding tert-OH is 6. The standard InChI is InChI=1S/C10H18O10/c11-1-3-5(13)7(15)9(18-3)20-10(17)8(16)6(14)4(2-12)19-10/h3-9,11-17H,1-2H2/t3-,4-,5-,6-,7+,8-,9+,10+/m1/s1. The first kappa shape index (κ1) is 16.0. The molecule has 0 aromatic rings. The predicted molar refractivity (Wildman–Crippen MR) is 57.8 cm³/mol. The van der Waals surface area contributed by atoms with E-state index in [0.717, 1.165) is 0 Å². The number of aliphatic hydroxyl groups is 7. The Morgan fingerprint density at radius 1 is 0.900 bits per heavy atom. The van der Waals surface area contributed by atoms with Gasteiger partial charge in [-0.25, -0.2) is 0 Å². The molecule has 10 heteroatoms. The highest BCUT2D eigenvalue weighted by Gasteiger charge is 2.58. The molecule has 2 fully saturated rings. The van der Waals surface area contributed by atoms with E-state index in [1.807, 2.05) is 0 Å². The van der Waals surface area contributed by atoms with Crippen LogP contribution in [0, 0.1) is 0 Å². The summed E-state index contributed by atoms with van der Waals surface area (Å²) in [4.78, 5) is 0. The van der Waals surface area contributed by atoms with E-state index in [1.54, 1.807) is 0 Å². The van der Waals surface area contributed by atoms with Crippen LogP contribution >= 0.6 is 0 Å². The van der Waals surface area contributed by atoms with E-state index in [1.165, 1.54) is 0 Å². The van der Waals surface area contributed by atoms with Gasteiger partial charge in [-0.05, 0) is 0 Å². The molecular formula is C10H18O10. The lowest BCUT2D eigenvalue weighted by atomic mass is 10.1. The topological polar surface area (TPSA) is 169 Å². The van der Waals surface area contributed by atoms with Crippen molar-refractivity contribution < 1.29 is 50.0 Å². The van der Waals surface area contributed by atoms with E-state index in [4.69, 9.17) is 24.4 Å². The minimum absolute atomic E-state index is 0.595. The first-order valence-electron chi connectivity index (χ1n) is 6.01. The van der Waals surface area contributed by atoms with Crippen molar-refractivity contribution in [2.45, 2.75) is 48.9 Å². The number of hydrogen-bond acceptors (Lipinski definition) is 10. The van der Waals surface area contributed by atoms with Gasteiger partial charge in [0.1, 0.15) is 30.5 Å². The van der Waals surface area contributed by atoms with Crippen LogP contribution in [0.4, 0.5) is 0 Å². The molecule has 2 aliphatic heterocycles. The SMILES string of the molecule is OC[C@H]1O[C@@H](O[C@@]2(O)O[C@H](CO)[C@@H](O)[C@H]2O)[C@@H](O)[C@@H]1O. The Morgan fingerprint density at radius 2 is 1.50 bits per heavy atom. The summed E-state index contributed by atoms with van der Waals surface area (Å²) in [5, 5.41) is 66.1. The normalized spacial score (nSPS) is 52.6. The fourth-order valence-electron chi connectivity index (χ4n) is 2.15. The third-order valence-corrected chi connectivity index (χ3v) is 3.36. The fourth-order valence-corrected chi connectivity index (χ4v) is 2.15. The van der Waals surface area contributed by atoms with Crippen molar-refractivity contribution in [3.05, 3.63) is 0 Å². The summed E-state index contributed by atoms with van der Waals surface area (Å²) in [5.41, 5.74) is 0. The molecule has 2 rings (SSSR count). The smallest absolute Gasteiger partial charge is 0.313 e. The van der Waals surface area contributed by atoms with Crippen LogP contribution in [-0.2, 0) is 14.2 Å². The van der Waals surface area contributed by atoms with Crippen LogP contribution in [0.3, 0.4) is 0 Å². The molecule has 2 saturated heterocycles. The van der Waals surface area contributed by atoms with E-state index < -0.39 is 62.1 Å². The zero-order valence-electron chi connectivity index (χ0n) is 10.3. The zero-order valence-corrected chi connectivity index (χ0v) is 10.3. The molecule has 0 unspecified atom stereocenters. The molecule has 0 aliphatic carbocycles. The highest BCUT2D eigenvalue weighted by molar-refractivity contribution is 4.93. The van der Waals surface area contributed by atoms with Gasteiger partial charge in [-0.2, -0.15) is 0 Å². The number of hydrogen-bond donors (Lipinski definition) is 7. The summed E-state index contributed by atoms with van der Waals surface area (Å²) in [6.07, 6.45) is -10.6. The zero-order chi connectivity index (χ0) is 15.1. The van der Waals surface area contributed by atoms with Crippen LogP contribution in [0.2, 0.25) is 0 Å². The Bertz CT molecular complexity index is 340. The van der Waals surface area contributed by atoms with Crippen LogP contribution in [0.1, 0.15) is 0 Å². The average molecular weight is 298 g/mol. The molecule has 2 aliphatic rings. The van der Waals surface area contributed by atoms with Gasteiger partial charge >= 0.3 is 5.97 Å². The molecule has 0 saturated carbocycles. The molecule has 0 amide bonds. The Balaban J connectivity index is 2.06. The van der Waals surface area contributed by atoms with Gasteiger partial charge in [0.2, 0.25) is 0 Å².